The summed E-state index contributed by atoms with van der Waals surface area (Å²) >= 11 is 0. The molecule has 0 N–H and O–H groups in total. The Morgan fingerprint density at radius 2 is 2.50 bits per heavy atom. The number of hydrogen-bond acceptors (Lipinski definition) is 2. The second-order valence-electron chi connectivity index (χ2n) is 2.15. The maximum absolute atomic E-state index is 4.90. The Bertz CT molecular complexity index is 197. The third kappa shape index (κ3) is 1.80. The molecule has 1 aromatic rings. The van der Waals surface area contributed by atoms with Gasteiger partial charge < -0.3 is 4.74 Å². The Hall–Kier alpha value is -0.900. The minimum Gasteiger partial charge on any atom is -0.381 e. The lowest BCUT2D eigenvalue weighted by atomic mass is 10.7. The van der Waals surface area contributed by atoms with E-state index in [1.54, 1.807) is 18.1 Å². The van der Waals surface area contributed by atoms with Crippen LogP contribution in [0.15, 0.2) is 12.7 Å². The molecule has 1 aromatic heterocycles. The van der Waals surface area contributed by atoms with Gasteiger partial charge in [0.15, 0.2) is 0 Å². The molecular weight excluding hydrogens is 130 g/mol. The van der Waals surface area contributed by atoms with E-state index >= 15 is 0 Å². The zero-order valence-corrected chi connectivity index (χ0v) is 6.32. The van der Waals surface area contributed by atoms with Crippen molar-refractivity contribution in [1.29, 1.82) is 0 Å². The molecule has 0 saturated carbocycles. The Labute approximate surface area is 60.0 Å². The first-order chi connectivity index (χ1) is 4.83. The molecule has 0 fully saturated rings. The fourth-order valence-electron chi connectivity index (χ4n) is 0.734. The first-order valence-corrected chi connectivity index (χ1v) is 3.19. The van der Waals surface area contributed by atoms with E-state index in [0.717, 1.165) is 13.2 Å². The third-order valence-corrected chi connectivity index (χ3v) is 1.25. The van der Waals surface area contributed by atoms with E-state index in [9.17, 15) is 0 Å². The van der Waals surface area contributed by atoms with Crippen LogP contribution in [-0.4, -0.2) is 23.5 Å². The van der Waals surface area contributed by atoms with Gasteiger partial charge in [-0.25, -0.2) is 4.57 Å². The first-order valence-electron chi connectivity index (χ1n) is 3.19. The van der Waals surface area contributed by atoms with Crippen molar-refractivity contribution in [3.8, 4) is 0 Å². The van der Waals surface area contributed by atoms with E-state index in [2.05, 4.69) is 5.10 Å². The molecule has 0 bridgehead atoms. The smallest absolute Gasteiger partial charge is 0.265 e. The molecule has 1 heterocycles. The van der Waals surface area contributed by atoms with Crippen molar-refractivity contribution in [3.63, 3.8) is 0 Å². The summed E-state index contributed by atoms with van der Waals surface area (Å²) in [5, 5.41) is 3.99. The van der Waals surface area contributed by atoms with Crippen LogP contribution >= 0.6 is 0 Å². The third-order valence-electron chi connectivity index (χ3n) is 1.25. The number of ether oxygens (including phenoxy) is 1. The summed E-state index contributed by atoms with van der Waals surface area (Å²) in [5.41, 5.74) is 0. The topological polar surface area (TPSA) is 30.9 Å². The van der Waals surface area contributed by atoms with Crippen LogP contribution in [0.1, 0.15) is 0 Å². The molecule has 0 amide bonds. The van der Waals surface area contributed by atoms with Crippen molar-refractivity contribution in [2.75, 3.05) is 13.7 Å². The molecule has 0 aliphatic rings. The molecule has 56 valence electrons. The number of hydrogen-bond donors (Lipinski definition) is 0. The van der Waals surface area contributed by atoms with Crippen molar-refractivity contribution in [2.45, 2.75) is 6.54 Å². The Morgan fingerprint density at radius 1 is 1.70 bits per heavy atom. The van der Waals surface area contributed by atoms with Crippen molar-refractivity contribution < 1.29 is 9.30 Å². The van der Waals surface area contributed by atoms with E-state index in [0.29, 0.717) is 0 Å². The average Bonchev–Trinajstić information content (AvgIpc) is 2.31. The van der Waals surface area contributed by atoms with Gasteiger partial charge in [-0.3, -0.25) is 0 Å². The lowest BCUT2D eigenvalue weighted by molar-refractivity contribution is -0.699. The quantitative estimate of drug-likeness (QED) is 0.525. The second-order valence-corrected chi connectivity index (χ2v) is 2.15. The summed E-state index contributed by atoms with van der Waals surface area (Å²) < 4.78 is 8.63. The maximum Gasteiger partial charge on any atom is 0.265 e. The highest BCUT2D eigenvalue weighted by molar-refractivity contribution is 4.37. The molecule has 0 aromatic carbocycles. The summed E-state index contributed by atoms with van der Waals surface area (Å²) in [5.74, 6) is 0. The summed E-state index contributed by atoms with van der Waals surface area (Å²) in [6, 6.07) is 0. The highest BCUT2D eigenvalue weighted by Gasteiger charge is 1.98. The van der Waals surface area contributed by atoms with Gasteiger partial charge in [-0.15, -0.1) is 4.68 Å². The lowest BCUT2D eigenvalue weighted by Gasteiger charge is -1.92. The lowest BCUT2D eigenvalue weighted by Crippen LogP contribution is -2.33. The summed E-state index contributed by atoms with van der Waals surface area (Å²) in [6.45, 7) is 1.60. The molecule has 0 spiro atoms. The predicted octanol–water partition coefficient (Wildman–Crippen LogP) is -0.646. The molecule has 4 nitrogen and oxygen atoms in total. The zero-order chi connectivity index (χ0) is 7.40. The normalized spacial score (nSPS) is 10.2. The Kier molecular flexibility index (Phi) is 2.39. The Morgan fingerprint density at radius 3 is 3.00 bits per heavy atom. The van der Waals surface area contributed by atoms with Gasteiger partial charge in [0.25, 0.3) is 6.33 Å². The SMILES string of the molecule is COCC[n+]1cnn(C)c1. The molecule has 0 atom stereocenters. The van der Waals surface area contributed by atoms with Crippen molar-refractivity contribution >= 4 is 0 Å². The summed E-state index contributed by atoms with van der Waals surface area (Å²) in [7, 11) is 3.58. The van der Waals surface area contributed by atoms with Crippen LogP contribution in [-0.2, 0) is 18.3 Å². The molecular formula is C6H12N3O+. The number of nitrogens with zero attached hydrogens (tertiary/aromatic N) is 3. The number of methoxy groups -OCH3 is 1. The van der Waals surface area contributed by atoms with Gasteiger partial charge in [-0.05, 0) is 0 Å². The fourth-order valence-corrected chi connectivity index (χ4v) is 0.734. The van der Waals surface area contributed by atoms with Crippen LogP contribution in [0.3, 0.4) is 0 Å². The Balaban J connectivity index is 2.42. The van der Waals surface area contributed by atoms with Crippen LogP contribution in [0.5, 0.6) is 0 Å². The van der Waals surface area contributed by atoms with Crippen molar-refractivity contribution in [1.82, 2.24) is 9.78 Å². The van der Waals surface area contributed by atoms with Gasteiger partial charge >= 0.3 is 0 Å². The summed E-state index contributed by atoms with van der Waals surface area (Å²) in [6.07, 6.45) is 3.69. The average molecular weight is 142 g/mol. The van der Waals surface area contributed by atoms with E-state index < -0.39 is 0 Å². The highest BCUT2D eigenvalue weighted by atomic mass is 16.5. The van der Waals surface area contributed by atoms with Crippen molar-refractivity contribution in [3.05, 3.63) is 12.7 Å². The molecule has 4 heteroatoms. The first kappa shape index (κ1) is 7.21. The van der Waals surface area contributed by atoms with Crippen LogP contribution in [0, 0.1) is 0 Å². The van der Waals surface area contributed by atoms with E-state index in [1.807, 2.05) is 17.9 Å². The van der Waals surface area contributed by atoms with E-state index in [4.69, 9.17) is 4.74 Å². The molecule has 0 aliphatic carbocycles. The highest BCUT2D eigenvalue weighted by Crippen LogP contribution is 1.71. The standard InChI is InChI=1S/C6H12N3O/c1-8-6-9(5-7-8)3-4-10-2/h5-6H,3-4H2,1-2H3/q+1. The number of aryl methyl sites for hydroxylation is 1. The van der Waals surface area contributed by atoms with Crippen LogP contribution in [0.2, 0.25) is 0 Å². The van der Waals surface area contributed by atoms with Gasteiger partial charge in [-0.1, -0.05) is 0 Å². The van der Waals surface area contributed by atoms with Gasteiger partial charge in [0.2, 0.25) is 6.33 Å². The zero-order valence-electron chi connectivity index (χ0n) is 6.32. The molecule has 1 rings (SSSR count). The molecule has 0 unspecified atom stereocenters. The van der Waals surface area contributed by atoms with Crippen LogP contribution < -0.4 is 4.57 Å². The van der Waals surface area contributed by atoms with Gasteiger partial charge in [0, 0.05) is 12.2 Å². The minimum atomic E-state index is 0.732. The minimum absolute atomic E-state index is 0.732. The second kappa shape index (κ2) is 3.31. The number of aromatic nitrogens is 3. The van der Waals surface area contributed by atoms with E-state index in [1.165, 1.54) is 0 Å². The fraction of sp³-hybridized carbons (Fsp3) is 0.667. The van der Waals surface area contributed by atoms with Gasteiger partial charge in [-0.2, -0.15) is 0 Å². The molecule has 10 heavy (non-hydrogen) atoms. The van der Waals surface area contributed by atoms with E-state index in [-0.39, 0.29) is 0 Å². The monoisotopic (exact) mass is 142 g/mol. The van der Waals surface area contributed by atoms with Crippen LogP contribution in [0.4, 0.5) is 0 Å². The van der Waals surface area contributed by atoms with Crippen molar-refractivity contribution in [2.24, 2.45) is 7.05 Å². The summed E-state index contributed by atoms with van der Waals surface area (Å²) in [4.78, 5) is 0. The van der Waals surface area contributed by atoms with Gasteiger partial charge in [0.05, 0.1) is 20.2 Å². The predicted molar refractivity (Wildman–Crippen MR) is 35.3 cm³/mol. The van der Waals surface area contributed by atoms with Gasteiger partial charge in [0.1, 0.15) is 0 Å². The molecule has 0 radical (unpaired) electrons. The molecule has 0 saturated heterocycles. The maximum atomic E-state index is 4.90. The van der Waals surface area contributed by atoms with Crippen LogP contribution in [0.25, 0.3) is 0 Å². The number of rotatable bonds is 3. The molecule has 0 aliphatic heterocycles. The largest absolute Gasteiger partial charge is 0.381 e.